The molecule has 0 saturated heterocycles. The van der Waals surface area contributed by atoms with E-state index in [9.17, 15) is 13.2 Å². The molecule has 9 heteroatoms. The van der Waals surface area contributed by atoms with Crippen LogP contribution in [-0.4, -0.2) is 20.2 Å². The van der Waals surface area contributed by atoms with E-state index in [0.29, 0.717) is 15.7 Å². The Balaban J connectivity index is 1.93. The van der Waals surface area contributed by atoms with Crippen LogP contribution in [0.15, 0.2) is 54.9 Å². The van der Waals surface area contributed by atoms with Gasteiger partial charge in [-0.2, -0.15) is 8.78 Å². The second kappa shape index (κ2) is 8.20. The van der Waals surface area contributed by atoms with Crippen molar-refractivity contribution < 1.29 is 17.9 Å². The highest BCUT2D eigenvalue weighted by atomic mass is 79.9. The van der Waals surface area contributed by atoms with Crippen molar-refractivity contribution in [2.24, 2.45) is 0 Å². The van der Waals surface area contributed by atoms with E-state index in [2.05, 4.69) is 20.9 Å². The summed E-state index contributed by atoms with van der Waals surface area (Å²) in [6.45, 7) is 1.90. The molecule has 0 saturated carbocycles. The van der Waals surface area contributed by atoms with Gasteiger partial charge in [0.05, 0.1) is 11.9 Å². The number of nitrogens with zero attached hydrogens (tertiary/aromatic N) is 2. The Bertz CT molecular complexity index is 1110. The van der Waals surface area contributed by atoms with E-state index in [0.717, 1.165) is 18.0 Å². The highest BCUT2D eigenvalue weighted by Gasteiger charge is 2.32. The van der Waals surface area contributed by atoms with Crippen LogP contribution in [0.5, 0.6) is 5.75 Å². The molecule has 0 fully saturated rings. The number of rotatable bonds is 5. The van der Waals surface area contributed by atoms with Gasteiger partial charge in [0, 0.05) is 11.8 Å². The maximum absolute atomic E-state index is 14.6. The largest absolute Gasteiger partial charge is 0.486 e. The lowest BCUT2D eigenvalue weighted by molar-refractivity contribution is 0.187. The Morgan fingerprint density at radius 3 is 2.59 bits per heavy atom. The third kappa shape index (κ3) is 4.73. The molecule has 0 amide bonds. The Hall–Kier alpha value is -2.94. The first-order valence-electron chi connectivity index (χ1n) is 8.43. The normalized spacial score (nSPS) is 11.3. The molecule has 150 valence electrons. The van der Waals surface area contributed by atoms with Crippen molar-refractivity contribution in [1.82, 2.24) is 9.55 Å². The molecule has 0 radical (unpaired) electrons. The first-order chi connectivity index (χ1) is 13.7. The molecule has 3 aromatic rings. The number of halogens is 4. The third-order valence-electron chi connectivity index (χ3n) is 4.14. The van der Waals surface area contributed by atoms with Crippen molar-refractivity contribution in [2.75, 3.05) is 0 Å². The zero-order valence-corrected chi connectivity index (χ0v) is 16.8. The number of hydrogen-bond donors (Lipinski definition) is 2. The van der Waals surface area contributed by atoms with Crippen LogP contribution < -0.4 is 10.2 Å². The summed E-state index contributed by atoms with van der Waals surface area (Å²) in [5.74, 6) is -1.72. The smallest absolute Gasteiger partial charge is 0.358 e. The topological polar surface area (TPSA) is 74.8 Å². The molecule has 0 spiro atoms. The fourth-order valence-electron chi connectivity index (χ4n) is 2.66. The van der Waals surface area contributed by atoms with Crippen LogP contribution in [0, 0.1) is 23.6 Å². The minimum Gasteiger partial charge on any atom is -0.486 e. The van der Waals surface area contributed by atoms with Gasteiger partial charge in [0.25, 0.3) is 0 Å². The quantitative estimate of drug-likeness (QED) is 0.321. The molecule has 0 bridgehead atoms. The van der Waals surface area contributed by atoms with Crippen LogP contribution in [0.4, 0.5) is 13.2 Å². The lowest BCUT2D eigenvalue weighted by Gasteiger charge is -2.15. The zero-order valence-electron chi connectivity index (χ0n) is 15.2. The molecule has 2 aromatic carbocycles. The van der Waals surface area contributed by atoms with Crippen LogP contribution in [-0.2, 0) is 6.61 Å². The fourth-order valence-corrected chi connectivity index (χ4v) is 2.85. The van der Waals surface area contributed by atoms with Crippen molar-refractivity contribution in [1.29, 1.82) is 10.8 Å². The Labute approximate surface area is 173 Å². The van der Waals surface area contributed by atoms with Gasteiger partial charge in [-0.3, -0.25) is 20.4 Å². The highest BCUT2D eigenvalue weighted by molar-refractivity contribution is 9.10. The van der Waals surface area contributed by atoms with Gasteiger partial charge < -0.3 is 4.74 Å². The van der Waals surface area contributed by atoms with E-state index in [1.807, 2.05) is 30.3 Å². The number of nitrogens with one attached hydrogen (secondary N) is 2. The second-order valence-corrected chi connectivity index (χ2v) is 7.24. The molecule has 5 nitrogen and oxygen atoms in total. The van der Waals surface area contributed by atoms with Gasteiger partial charge in [0.2, 0.25) is 0 Å². The molecule has 0 aliphatic rings. The molecule has 0 atom stereocenters. The summed E-state index contributed by atoms with van der Waals surface area (Å²) in [7, 11) is 0. The molecular formula is C20H16BrF3N4O. The van der Waals surface area contributed by atoms with Gasteiger partial charge in [-0.05, 0) is 46.1 Å². The van der Waals surface area contributed by atoms with Crippen molar-refractivity contribution in [3.8, 4) is 17.0 Å². The Morgan fingerprint density at radius 2 is 1.93 bits per heavy atom. The lowest BCUT2D eigenvalue weighted by atomic mass is 10.1. The SMILES string of the molecule is Cc1cc(OCc2ccccc2)c(F)cc1-c1cn(C(=N)C(F)(F)Br)c(=N)cn1. The van der Waals surface area contributed by atoms with E-state index in [4.69, 9.17) is 15.6 Å². The number of aromatic nitrogens is 2. The first kappa shape index (κ1) is 20.8. The number of hydrogen-bond acceptors (Lipinski definition) is 4. The summed E-state index contributed by atoms with van der Waals surface area (Å²) in [6, 6.07) is 12.0. The number of ether oxygens (including phenoxy) is 1. The maximum atomic E-state index is 14.6. The van der Waals surface area contributed by atoms with E-state index >= 15 is 0 Å². The summed E-state index contributed by atoms with van der Waals surface area (Å²) in [6.07, 6.45) is 2.13. The van der Waals surface area contributed by atoms with Gasteiger partial charge in [-0.1, -0.05) is 30.3 Å². The highest BCUT2D eigenvalue weighted by Crippen LogP contribution is 2.29. The zero-order chi connectivity index (χ0) is 21.2. The number of aryl methyl sites for hydroxylation is 1. The lowest BCUT2D eigenvalue weighted by Crippen LogP contribution is -2.35. The molecule has 0 aliphatic heterocycles. The van der Waals surface area contributed by atoms with Crippen LogP contribution in [0.3, 0.4) is 0 Å². The Morgan fingerprint density at radius 1 is 1.24 bits per heavy atom. The van der Waals surface area contributed by atoms with Crippen molar-refractivity contribution in [3.63, 3.8) is 0 Å². The predicted octanol–water partition coefficient (Wildman–Crippen LogP) is 4.87. The van der Waals surface area contributed by atoms with E-state index in [-0.39, 0.29) is 18.1 Å². The van der Waals surface area contributed by atoms with Gasteiger partial charge in [0.15, 0.2) is 17.4 Å². The minimum atomic E-state index is -3.62. The van der Waals surface area contributed by atoms with Crippen LogP contribution in [0.1, 0.15) is 11.1 Å². The van der Waals surface area contributed by atoms with Crippen LogP contribution >= 0.6 is 15.9 Å². The number of alkyl halides is 3. The summed E-state index contributed by atoms with van der Waals surface area (Å²) < 4.78 is 47.7. The average molecular weight is 465 g/mol. The summed E-state index contributed by atoms with van der Waals surface area (Å²) in [5, 5.41) is 15.3. The number of benzene rings is 2. The van der Waals surface area contributed by atoms with Gasteiger partial charge in [-0.15, -0.1) is 0 Å². The molecule has 1 heterocycles. The van der Waals surface area contributed by atoms with Gasteiger partial charge in [-0.25, -0.2) is 4.39 Å². The van der Waals surface area contributed by atoms with Crippen LogP contribution in [0.25, 0.3) is 11.3 Å². The van der Waals surface area contributed by atoms with Gasteiger partial charge in [0.1, 0.15) is 12.1 Å². The molecular weight excluding hydrogens is 449 g/mol. The van der Waals surface area contributed by atoms with Crippen molar-refractivity contribution >= 4 is 21.8 Å². The summed E-state index contributed by atoms with van der Waals surface area (Å²) in [4.78, 5) is 0.403. The van der Waals surface area contributed by atoms with Crippen LogP contribution in [0.2, 0.25) is 0 Å². The summed E-state index contributed by atoms with van der Waals surface area (Å²) >= 11 is 2.11. The monoisotopic (exact) mass is 464 g/mol. The van der Waals surface area contributed by atoms with Gasteiger partial charge >= 0.3 is 4.83 Å². The van der Waals surface area contributed by atoms with E-state index in [1.54, 1.807) is 6.92 Å². The Kier molecular flexibility index (Phi) is 5.88. The minimum absolute atomic E-state index is 0.0554. The second-order valence-electron chi connectivity index (χ2n) is 6.25. The molecule has 1 aromatic heterocycles. The van der Waals surface area contributed by atoms with Crippen molar-refractivity contribution in [3.05, 3.63) is 77.3 Å². The predicted molar refractivity (Wildman–Crippen MR) is 106 cm³/mol. The third-order valence-corrected chi connectivity index (χ3v) is 4.51. The molecule has 3 rings (SSSR count). The molecule has 29 heavy (non-hydrogen) atoms. The van der Waals surface area contributed by atoms with E-state index in [1.165, 1.54) is 12.1 Å². The average Bonchev–Trinajstić information content (AvgIpc) is 2.68. The molecule has 0 aliphatic carbocycles. The molecule has 0 unspecified atom stereocenters. The fraction of sp³-hybridized carbons (Fsp3) is 0.150. The molecule has 2 N–H and O–H groups in total. The summed E-state index contributed by atoms with van der Waals surface area (Å²) in [5.41, 5.74) is 1.57. The maximum Gasteiger partial charge on any atom is 0.358 e. The van der Waals surface area contributed by atoms with Crippen molar-refractivity contribution in [2.45, 2.75) is 18.4 Å². The van der Waals surface area contributed by atoms with E-state index < -0.39 is 22.0 Å². The standard InChI is InChI=1S/C20H16BrF3N4O/c1-12-7-17(29-11-13-5-3-2-4-6-13)15(22)8-14(12)16-10-28(18(25)9-27-16)19(26)20(21,23)24/h2-10,25-26H,11H2,1H3. The first-order valence-corrected chi connectivity index (χ1v) is 9.23.